The van der Waals surface area contributed by atoms with Crippen LogP contribution in [0.1, 0.15) is 27.2 Å². The van der Waals surface area contributed by atoms with Crippen molar-refractivity contribution in [1.82, 2.24) is 0 Å². The fourth-order valence-corrected chi connectivity index (χ4v) is 1.45. The predicted octanol–water partition coefficient (Wildman–Crippen LogP) is 3.16. The van der Waals surface area contributed by atoms with Gasteiger partial charge in [-0.05, 0) is 18.3 Å². The molecule has 2 atom stereocenters. The summed E-state index contributed by atoms with van der Waals surface area (Å²) in [6.07, 6.45) is 7.92. The first-order valence-corrected chi connectivity index (χ1v) is 4.13. The zero-order chi connectivity index (χ0) is 7.56. The van der Waals surface area contributed by atoms with E-state index in [0.717, 1.165) is 11.8 Å². The topological polar surface area (TPSA) is 0 Å². The first-order chi connectivity index (χ1) is 4.75. The molecule has 0 heteroatoms. The standard InChI is InChI=1S/C10H16/c1-4-10-7-5-6-8(2)9(10)3/h5-9H,4H2,1-3H3. The Balaban J connectivity index is 2.71. The van der Waals surface area contributed by atoms with E-state index in [2.05, 4.69) is 39.0 Å². The second kappa shape index (κ2) is 3.05. The van der Waals surface area contributed by atoms with Gasteiger partial charge in [-0.25, -0.2) is 0 Å². The predicted molar refractivity (Wildman–Crippen MR) is 45.8 cm³/mol. The normalized spacial score (nSPS) is 32.1. The molecule has 0 spiro atoms. The summed E-state index contributed by atoms with van der Waals surface area (Å²) in [4.78, 5) is 0. The van der Waals surface area contributed by atoms with Gasteiger partial charge in [-0.15, -0.1) is 0 Å². The number of hydrogen-bond acceptors (Lipinski definition) is 0. The Kier molecular flexibility index (Phi) is 2.31. The first kappa shape index (κ1) is 7.59. The lowest BCUT2D eigenvalue weighted by atomic mass is 9.84. The van der Waals surface area contributed by atoms with Crippen LogP contribution in [-0.4, -0.2) is 0 Å². The highest BCUT2D eigenvalue weighted by Crippen LogP contribution is 2.26. The molecular weight excluding hydrogens is 120 g/mol. The third kappa shape index (κ3) is 1.31. The van der Waals surface area contributed by atoms with Gasteiger partial charge in [0.05, 0.1) is 0 Å². The van der Waals surface area contributed by atoms with Crippen LogP contribution >= 0.6 is 0 Å². The molecule has 0 saturated heterocycles. The van der Waals surface area contributed by atoms with Crippen LogP contribution < -0.4 is 0 Å². The number of hydrogen-bond donors (Lipinski definition) is 0. The van der Waals surface area contributed by atoms with E-state index < -0.39 is 0 Å². The van der Waals surface area contributed by atoms with Crippen LogP contribution in [0.5, 0.6) is 0 Å². The summed E-state index contributed by atoms with van der Waals surface area (Å²) in [7, 11) is 0. The van der Waals surface area contributed by atoms with Gasteiger partial charge in [0.15, 0.2) is 0 Å². The molecule has 0 aliphatic heterocycles. The van der Waals surface area contributed by atoms with Gasteiger partial charge in [-0.2, -0.15) is 0 Å². The summed E-state index contributed by atoms with van der Waals surface area (Å²) in [5.41, 5.74) is 1.59. The molecule has 0 aromatic carbocycles. The Morgan fingerprint density at radius 2 is 2.10 bits per heavy atom. The van der Waals surface area contributed by atoms with Crippen molar-refractivity contribution in [2.24, 2.45) is 11.8 Å². The third-order valence-corrected chi connectivity index (χ3v) is 2.51. The maximum Gasteiger partial charge on any atom is -0.0168 e. The molecule has 0 aromatic rings. The SMILES string of the molecule is CCC1=CC=CC(C)C1C. The molecule has 0 radical (unpaired) electrons. The molecule has 1 aliphatic rings. The smallest absolute Gasteiger partial charge is 0.0168 e. The summed E-state index contributed by atoms with van der Waals surface area (Å²) < 4.78 is 0. The highest BCUT2D eigenvalue weighted by molar-refractivity contribution is 5.21. The monoisotopic (exact) mass is 136 g/mol. The highest BCUT2D eigenvalue weighted by atomic mass is 14.2. The van der Waals surface area contributed by atoms with Gasteiger partial charge in [0.2, 0.25) is 0 Å². The lowest BCUT2D eigenvalue weighted by Crippen LogP contribution is -2.10. The van der Waals surface area contributed by atoms with E-state index in [9.17, 15) is 0 Å². The molecule has 2 unspecified atom stereocenters. The summed E-state index contributed by atoms with van der Waals surface area (Å²) in [6, 6.07) is 0. The van der Waals surface area contributed by atoms with Crippen molar-refractivity contribution in [2.75, 3.05) is 0 Å². The Morgan fingerprint density at radius 1 is 1.40 bits per heavy atom. The van der Waals surface area contributed by atoms with Crippen molar-refractivity contribution in [2.45, 2.75) is 27.2 Å². The average molecular weight is 136 g/mol. The van der Waals surface area contributed by atoms with Gasteiger partial charge >= 0.3 is 0 Å². The minimum atomic E-state index is 0.736. The summed E-state index contributed by atoms with van der Waals surface area (Å²) in [5.74, 6) is 1.50. The molecule has 0 heterocycles. The number of allylic oxidation sites excluding steroid dienone is 4. The molecule has 0 nitrogen and oxygen atoms in total. The molecule has 0 N–H and O–H groups in total. The van der Waals surface area contributed by atoms with E-state index in [1.165, 1.54) is 6.42 Å². The van der Waals surface area contributed by atoms with Crippen molar-refractivity contribution in [3.05, 3.63) is 23.8 Å². The van der Waals surface area contributed by atoms with E-state index in [1.807, 2.05) is 0 Å². The maximum absolute atomic E-state index is 2.31. The Bertz CT molecular complexity index is 163. The van der Waals surface area contributed by atoms with Crippen molar-refractivity contribution < 1.29 is 0 Å². The van der Waals surface area contributed by atoms with E-state index in [1.54, 1.807) is 5.57 Å². The fraction of sp³-hybridized carbons (Fsp3) is 0.600. The van der Waals surface area contributed by atoms with Crippen molar-refractivity contribution in [3.63, 3.8) is 0 Å². The minimum Gasteiger partial charge on any atom is -0.0811 e. The zero-order valence-electron chi connectivity index (χ0n) is 7.09. The summed E-state index contributed by atoms with van der Waals surface area (Å²) in [5, 5.41) is 0. The van der Waals surface area contributed by atoms with Crippen molar-refractivity contribution in [3.8, 4) is 0 Å². The lowest BCUT2D eigenvalue weighted by molar-refractivity contribution is 0.510. The largest absolute Gasteiger partial charge is 0.0811 e. The second-order valence-electron chi connectivity index (χ2n) is 3.13. The highest BCUT2D eigenvalue weighted by Gasteiger charge is 2.14. The van der Waals surface area contributed by atoms with E-state index in [4.69, 9.17) is 0 Å². The van der Waals surface area contributed by atoms with Gasteiger partial charge in [-0.1, -0.05) is 44.6 Å². The van der Waals surface area contributed by atoms with Crippen molar-refractivity contribution >= 4 is 0 Å². The molecule has 1 aliphatic carbocycles. The zero-order valence-corrected chi connectivity index (χ0v) is 7.09. The molecule has 0 amide bonds. The molecule has 1 rings (SSSR count). The van der Waals surface area contributed by atoms with Crippen LogP contribution in [0, 0.1) is 11.8 Å². The average Bonchev–Trinajstić information content (AvgIpc) is 1.95. The molecule has 0 bridgehead atoms. The van der Waals surface area contributed by atoms with E-state index in [-0.39, 0.29) is 0 Å². The van der Waals surface area contributed by atoms with Gasteiger partial charge in [0, 0.05) is 0 Å². The maximum atomic E-state index is 2.31. The van der Waals surface area contributed by atoms with Crippen LogP contribution in [0.3, 0.4) is 0 Å². The third-order valence-electron chi connectivity index (χ3n) is 2.51. The molecule has 56 valence electrons. The van der Waals surface area contributed by atoms with Gasteiger partial charge in [0.1, 0.15) is 0 Å². The quantitative estimate of drug-likeness (QED) is 0.519. The van der Waals surface area contributed by atoms with E-state index in [0.29, 0.717) is 0 Å². The molecule has 0 aromatic heterocycles. The lowest BCUT2D eigenvalue weighted by Gasteiger charge is -2.22. The number of rotatable bonds is 1. The summed E-state index contributed by atoms with van der Waals surface area (Å²) >= 11 is 0. The molecule has 10 heavy (non-hydrogen) atoms. The first-order valence-electron chi connectivity index (χ1n) is 4.13. The van der Waals surface area contributed by atoms with Gasteiger partial charge in [0.25, 0.3) is 0 Å². The van der Waals surface area contributed by atoms with Crippen LogP contribution in [-0.2, 0) is 0 Å². The minimum absolute atomic E-state index is 0.736. The fourth-order valence-electron chi connectivity index (χ4n) is 1.45. The Labute approximate surface area is 63.6 Å². The van der Waals surface area contributed by atoms with E-state index >= 15 is 0 Å². The van der Waals surface area contributed by atoms with Gasteiger partial charge in [-0.3, -0.25) is 0 Å². The molecule has 0 fully saturated rings. The van der Waals surface area contributed by atoms with Crippen molar-refractivity contribution in [1.29, 1.82) is 0 Å². The van der Waals surface area contributed by atoms with Crippen LogP contribution in [0.15, 0.2) is 23.8 Å². The summed E-state index contributed by atoms with van der Waals surface area (Å²) in [6.45, 7) is 6.82. The molecular formula is C10H16. The Morgan fingerprint density at radius 3 is 2.60 bits per heavy atom. The Hall–Kier alpha value is -0.520. The van der Waals surface area contributed by atoms with Crippen LogP contribution in [0.2, 0.25) is 0 Å². The second-order valence-corrected chi connectivity index (χ2v) is 3.13. The molecule has 0 saturated carbocycles. The van der Waals surface area contributed by atoms with Crippen LogP contribution in [0.25, 0.3) is 0 Å². The van der Waals surface area contributed by atoms with Crippen LogP contribution in [0.4, 0.5) is 0 Å². The van der Waals surface area contributed by atoms with Gasteiger partial charge < -0.3 is 0 Å².